The second kappa shape index (κ2) is 9.19. The number of carbonyl (C=O) groups excluding carboxylic acids is 2. The van der Waals surface area contributed by atoms with E-state index in [1.165, 1.54) is 0 Å². The summed E-state index contributed by atoms with van der Waals surface area (Å²) in [6.45, 7) is 6.43. The van der Waals surface area contributed by atoms with Gasteiger partial charge in [-0.15, -0.1) is 0 Å². The van der Waals surface area contributed by atoms with Crippen LogP contribution < -0.4 is 0 Å². The molecule has 0 radical (unpaired) electrons. The van der Waals surface area contributed by atoms with Crippen molar-refractivity contribution < 1.29 is 19.1 Å². The molecular formula is C12H22O4. The normalized spacial score (nSPS) is 11.9. The van der Waals surface area contributed by atoms with Crippen molar-refractivity contribution in [2.45, 2.75) is 46.5 Å². The first-order chi connectivity index (χ1) is 7.65. The summed E-state index contributed by atoms with van der Waals surface area (Å²) in [6.07, 6.45) is 2.57. The topological polar surface area (TPSA) is 52.6 Å². The Hall–Kier alpha value is -1.06. The minimum Gasteiger partial charge on any atom is -0.466 e. The average Bonchev–Trinajstić information content (AvgIpc) is 2.26. The highest BCUT2D eigenvalue weighted by molar-refractivity contribution is 5.79. The highest BCUT2D eigenvalue weighted by Crippen LogP contribution is 2.12. The van der Waals surface area contributed by atoms with Crippen molar-refractivity contribution in [3.8, 4) is 0 Å². The van der Waals surface area contributed by atoms with E-state index >= 15 is 0 Å². The van der Waals surface area contributed by atoms with Gasteiger partial charge in [0.25, 0.3) is 0 Å². The maximum atomic E-state index is 11.6. The third kappa shape index (κ3) is 6.43. The molecule has 4 nitrogen and oxygen atoms in total. The van der Waals surface area contributed by atoms with Crippen molar-refractivity contribution in [1.29, 1.82) is 0 Å². The molecule has 94 valence electrons. The van der Waals surface area contributed by atoms with Crippen LogP contribution in [0.1, 0.15) is 46.5 Å². The van der Waals surface area contributed by atoms with Crippen LogP contribution in [0.15, 0.2) is 0 Å². The summed E-state index contributed by atoms with van der Waals surface area (Å²) in [5.74, 6) is -0.985. The van der Waals surface area contributed by atoms with Crippen LogP contribution in [-0.2, 0) is 19.1 Å². The summed E-state index contributed by atoms with van der Waals surface area (Å²) >= 11 is 0. The Morgan fingerprint density at radius 2 is 1.81 bits per heavy atom. The predicted octanol–water partition coefficient (Wildman–Crippen LogP) is 2.31. The first-order valence-corrected chi connectivity index (χ1v) is 5.97. The summed E-state index contributed by atoms with van der Waals surface area (Å²) in [4.78, 5) is 22.8. The molecular weight excluding hydrogens is 208 g/mol. The van der Waals surface area contributed by atoms with E-state index in [1.807, 2.05) is 13.8 Å². The van der Waals surface area contributed by atoms with Crippen molar-refractivity contribution in [2.75, 3.05) is 13.2 Å². The Balaban J connectivity index is 3.96. The molecule has 16 heavy (non-hydrogen) atoms. The van der Waals surface area contributed by atoms with Crippen LogP contribution in [0.5, 0.6) is 0 Å². The highest BCUT2D eigenvalue weighted by Gasteiger charge is 2.21. The minimum absolute atomic E-state index is 0.120. The van der Waals surface area contributed by atoms with E-state index in [1.54, 1.807) is 6.92 Å². The fourth-order valence-electron chi connectivity index (χ4n) is 1.25. The van der Waals surface area contributed by atoms with Crippen LogP contribution in [0.3, 0.4) is 0 Å². The molecule has 0 aliphatic rings. The molecule has 4 heteroatoms. The van der Waals surface area contributed by atoms with Crippen LogP contribution in [0, 0.1) is 5.92 Å². The van der Waals surface area contributed by atoms with Crippen LogP contribution >= 0.6 is 0 Å². The molecule has 0 aromatic carbocycles. The zero-order valence-electron chi connectivity index (χ0n) is 10.5. The number of hydrogen-bond donors (Lipinski definition) is 0. The first-order valence-electron chi connectivity index (χ1n) is 5.97. The van der Waals surface area contributed by atoms with Crippen LogP contribution in [0.4, 0.5) is 0 Å². The van der Waals surface area contributed by atoms with E-state index < -0.39 is 0 Å². The zero-order chi connectivity index (χ0) is 12.4. The number of unbranched alkanes of at least 4 members (excludes halogenated alkanes) is 1. The molecule has 0 heterocycles. The monoisotopic (exact) mass is 230 g/mol. The molecule has 0 aliphatic heterocycles. The summed E-state index contributed by atoms with van der Waals surface area (Å²) in [6, 6.07) is 0. The van der Waals surface area contributed by atoms with Gasteiger partial charge in [0.1, 0.15) is 0 Å². The largest absolute Gasteiger partial charge is 0.466 e. The van der Waals surface area contributed by atoms with Crippen molar-refractivity contribution in [3.63, 3.8) is 0 Å². The van der Waals surface area contributed by atoms with Gasteiger partial charge in [-0.1, -0.05) is 20.3 Å². The molecule has 0 rings (SSSR count). The molecule has 0 spiro atoms. The number of carbonyl (C=O) groups is 2. The van der Waals surface area contributed by atoms with E-state index in [9.17, 15) is 9.59 Å². The van der Waals surface area contributed by atoms with Gasteiger partial charge in [-0.25, -0.2) is 0 Å². The third-order valence-corrected chi connectivity index (χ3v) is 2.29. The third-order valence-electron chi connectivity index (χ3n) is 2.29. The van der Waals surface area contributed by atoms with E-state index in [2.05, 4.69) is 0 Å². The second-order valence-corrected chi connectivity index (χ2v) is 3.64. The molecule has 0 saturated carbocycles. The van der Waals surface area contributed by atoms with E-state index in [-0.39, 0.29) is 24.3 Å². The van der Waals surface area contributed by atoms with Gasteiger partial charge in [0.2, 0.25) is 0 Å². The SMILES string of the molecule is CCCCOC(=O)C(CC)CC(=O)OCC. The van der Waals surface area contributed by atoms with Crippen LogP contribution in [0.25, 0.3) is 0 Å². The molecule has 0 bridgehead atoms. The second-order valence-electron chi connectivity index (χ2n) is 3.64. The van der Waals surface area contributed by atoms with Crippen molar-refractivity contribution in [1.82, 2.24) is 0 Å². The smallest absolute Gasteiger partial charge is 0.309 e. The lowest BCUT2D eigenvalue weighted by molar-refractivity contribution is -0.155. The summed E-state index contributed by atoms with van der Waals surface area (Å²) < 4.78 is 9.87. The zero-order valence-corrected chi connectivity index (χ0v) is 10.5. The first kappa shape index (κ1) is 14.9. The molecule has 0 saturated heterocycles. The van der Waals surface area contributed by atoms with Gasteiger partial charge >= 0.3 is 11.9 Å². The summed E-state index contributed by atoms with van der Waals surface area (Å²) in [5.41, 5.74) is 0. The van der Waals surface area contributed by atoms with E-state index in [0.29, 0.717) is 19.6 Å². The maximum absolute atomic E-state index is 11.6. The highest BCUT2D eigenvalue weighted by atomic mass is 16.5. The van der Waals surface area contributed by atoms with Crippen molar-refractivity contribution in [2.24, 2.45) is 5.92 Å². The lowest BCUT2D eigenvalue weighted by Gasteiger charge is -2.13. The van der Waals surface area contributed by atoms with Crippen LogP contribution in [-0.4, -0.2) is 25.2 Å². The fraction of sp³-hybridized carbons (Fsp3) is 0.833. The van der Waals surface area contributed by atoms with Gasteiger partial charge in [0.05, 0.1) is 25.6 Å². The maximum Gasteiger partial charge on any atom is 0.309 e. The number of ether oxygens (including phenoxy) is 2. The standard InChI is InChI=1S/C12H22O4/c1-4-7-8-16-12(14)10(5-2)9-11(13)15-6-3/h10H,4-9H2,1-3H3. The average molecular weight is 230 g/mol. The van der Waals surface area contributed by atoms with Gasteiger partial charge in [0.15, 0.2) is 0 Å². The Morgan fingerprint density at radius 1 is 1.12 bits per heavy atom. The van der Waals surface area contributed by atoms with Gasteiger partial charge in [0, 0.05) is 0 Å². The Bertz CT molecular complexity index is 213. The molecule has 0 aromatic rings. The fourth-order valence-corrected chi connectivity index (χ4v) is 1.25. The number of hydrogen-bond acceptors (Lipinski definition) is 4. The Morgan fingerprint density at radius 3 is 2.31 bits per heavy atom. The Labute approximate surface area is 97.3 Å². The van der Waals surface area contributed by atoms with Gasteiger partial charge in [-0.3, -0.25) is 9.59 Å². The minimum atomic E-state index is -0.365. The van der Waals surface area contributed by atoms with E-state index in [0.717, 1.165) is 12.8 Å². The molecule has 0 aliphatic carbocycles. The number of rotatable bonds is 8. The predicted molar refractivity (Wildman–Crippen MR) is 60.9 cm³/mol. The number of esters is 2. The molecule has 1 atom stereocenters. The van der Waals surface area contributed by atoms with Crippen molar-refractivity contribution in [3.05, 3.63) is 0 Å². The van der Waals surface area contributed by atoms with Crippen molar-refractivity contribution >= 4 is 11.9 Å². The molecule has 1 unspecified atom stereocenters. The summed E-state index contributed by atoms with van der Waals surface area (Å²) in [5, 5.41) is 0. The van der Waals surface area contributed by atoms with Gasteiger partial charge in [-0.05, 0) is 19.8 Å². The van der Waals surface area contributed by atoms with Crippen LogP contribution in [0.2, 0.25) is 0 Å². The quantitative estimate of drug-likeness (QED) is 0.474. The van der Waals surface area contributed by atoms with Gasteiger partial charge < -0.3 is 9.47 Å². The molecule has 0 N–H and O–H groups in total. The van der Waals surface area contributed by atoms with E-state index in [4.69, 9.17) is 9.47 Å². The summed E-state index contributed by atoms with van der Waals surface area (Å²) in [7, 11) is 0. The van der Waals surface area contributed by atoms with Gasteiger partial charge in [-0.2, -0.15) is 0 Å². The lowest BCUT2D eigenvalue weighted by atomic mass is 10.0. The molecule has 0 aromatic heterocycles. The molecule has 0 amide bonds. The lowest BCUT2D eigenvalue weighted by Crippen LogP contribution is -2.22. The Kier molecular flexibility index (Phi) is 8.58. The molecule has 0 fully saturated rings.